The molecule has 7 N–H and O–H groups in total. The van der Waals surface area contributed by atoms with Crippen LogP contribution in [0.25, 0.3) is 0 Å². The molecule has 0 radical (unpaired) electrons. The van der Waals surface area contributed by atoms with Crippen molar-refractivity contribution in [2.75, 3.05) is 65.4 Å². The lowest BCUT2D eigenvalue weighted by molar-refractivity contribution is -0.137. The Hall–Kier alpha value is -7.23. The fourth-order valence-corrected chi connectivity index (χ4v) is 5.38. The number of ether oxygens (including phenoxy) is 4. The van der Waals surface area contributed by atoms with E-state index in [4.69, 9.17) is 29.8 Å². The van der Waals surface area contributed by atoms with Gasteiger partial charge < -0.3 is 60.9 Å². The number of hydrogen-bond acceptors (Lipinski definition) is 13. The number of likely N-dealkylation sites (N-methyl/N-ethyl adjacent to an activating group) is 2. The summed E-state index contributed by atoms with van der Waals surface area (Å²) >= 11 is 0. The molecule has 0 bridgehead atoms. The Labute approximate surface area is 357 Å². The fraction of sp³-hybridized carbons (Fsp3) is 0.425. The minimum absolute atomic E-state index is 0.0261. The van der Waals surface area contributed by atoms with Gasteiger partial charge >= 0.3 is 30.3 Å². The number of carbonyl (C=O) groups excluding carboxylic acids is 8. The van der Waals surface area contributed by atoms with Crippen molar-refractivity contribution in [2.24, 2.45) is 11.7 Å². The molecule has 0 saturated heterocycles. The first-order valence-electron chi connectivity index (χ1n) is 19.4. The van der Waals surface area contributed by atoms with Gasteiger partial charge in [-0.2, -0.15) is 0 Å². The SMILES string of the molecule is CC(C)[C@H](NC(=O)OCCOCCN1C(=O)C=CC1=O)C(=O)N[C@@H](CCCNC(N)=O)C(=O)Nc1ccc(COC(=O)N(C)CCN(C)C(=O)Oc2cccc(C(=O)O)c2)cc1. The number of urea groups is 1. The third kappa shape index (κ3) is 16.8. The zero-order chi connectivity index (χ0) is 45.8. The van der Waals surface area contributed by atoms with Gasteiger partial charge in [0.15, 0.2) is 0 Å². The van der Waals surface area contributed by atoms with E-state index in [1.54, 1.807) is 38.1 Å². The summed E-state index contributed by atoms with van der Waals surface area (Å²) in [7, 11) is 2.93. The summed E-state index contributed by atoms with van der Waals surface area (Å²) < 4.78 is 21.0. The molecule has 22 nitrogen and oxygen atoms in total. The van der Waals surface area contributed by atoms with Gasteiger partial charge in [-0.15, -0.1) is 0 Å². The number of benzene rings is 2. The second-order valence-corrected chi connectivity index (χ2v) is 14.1. The second kappa shape index (κ2) is 24.8. The second-order valence-electron chi connectivity index (χ2n) is 14.1. The van der Waals surface area contributed by atoms with Crippen molar-refractivity contribution in [2.45, 2.75) is 45.4 Å². The summed E-state index contributed by atoms with van der Waals surface area (Å²) in [5.41, 5.74) is 6.03. The van der Waals surface area contributed by atoms with Gasteiger partial charge in [-0.25, -0.2) is 24.0 Å². The number of anilines is 1. The smallest absolute Gasteiger partial charge is 0.415 e. The monoisotopic (exact) mass is 868 g/mol. The van der Waals surface area contributed by atoms with Gasteiger partial charge in [-0.3, -0.25) is 24.1 Å². The van der Waals surface area contributed by atoms with E-state index >= 15 is 0 Å². The van der Waals surface area contributed by atoms with Crippen molar-refractivity contribution in [1.82, 2.24) is 30.7 Å². The van der Waals surface area contributed by atoms with Gasteiger partial charge in [0.2, 0.25) is 11.8 Å². The van der Waals surface area contributed by atoms with Gasteiger partial charge in [-0.1, -0.05) is 32.0 Å². The highest BCUT2D eigenvalue weighted by Gasteiger charge is 2.29. The van der Waals surface area contributed by atoms with Crippen molar-refractivity contribution in [3.8, 4) is 5.75 Å². The summed E-state index contributed by atoms with van der Waals surface area (Å²) in [5, 5.41) is 19.4. The summed E-state index contributed by atoms with van der Waals surface area (Å²) in [4.78, 5) is 114. The van der Waals surface area contributed by atoms with Crippen LogP contribution >= 0.6 is 0 Å². The molecule has 1 aliphatic rings. The molecule has 0 saturated carbocycles. The van der Waals surface area contributed by atoms with Crippen LogP contribution in [0.2, 0.25) is 0 Å². The highest BCUT2D eigenvalue weighted by atomic mass is 16.6. The molecule has 2 atom stereocenters. The molecule has 0 aromatic heterocycles. The number of carbonyl (C=O) groups is 9. The van der Waals surface area contributed by atoms with E-state index in [1.807, 2.05) is 0 Å². The summed E-state index contributed by atoms with van der Waals surface area (Å²) in [6.07, 6.45) is 0.285. The van der Waals surface area contributed by atoms with E-state index in [2.05, 4.69) is 21.3 Å². The zero-order valence-corrected chi connectivity index (χ0v) is 34.8. The van der Waals surface area contributed by atoms with Gasteiger partial charge in [0.25, 0.3) is 11.8 Å². The number of hydrogen-bond donors (Lipinski definition) is 6. The normalized spacial score (nSPS) is 12.8. The number of alkyl carbamates (subject to hydrolysis) is 1. The lowest BCUT2D eigenvalue weighted by Crippen LogP contribution is -2.54. The molecule has 1 heterocycles. The highest BCUT2D eigenvalue weighted by Crippen LogP contribution is 2.16. The van der Waals surface area contributed by atoms with Gasteiger partial charge in [-0.05, 0) is 54.7 Å². The Kier molecular flexibility index (Phi) is 19.6. The first-order chi connectivity index (χ1) is 29.4. The van der Waals surface area contributed by atoms with Gasteiger partial charge in [0, 0.05) is 51.6 Å². The van der Waals surface area contributed by atoms with E-state index in [-0.39, 0.29) is 76.8 Å². The molecule has 22 heteroatoms. The quantitative estimate of drug-likeness (QED) is 0.0684. The minimum atomic E-state index is -1.17. The number of aromatic carboxylic acids is 1. The fourth-order valence-electron chi connectivity index (χ4n) is 5.38. The maximum absolute atomic E-state index is 13.5. The maximum Gasteiger partial charge on any atom is 0.415 e. The molecule has 62 heavy (non-hydrogen) atoms. The van der Waals surface area contributed by atoms with Crippen molar-refractivity contribution in [3.63, 3.8) is 0 Å². The standard InChI is InChI=1S/C40H52N8O14/c1-25(2)33(45-38(56)60-22-21-59-20-19-48-31(49)14-15-32(48)50)35(52)44-30(9-6-16-42-37(41)55)34(51)43-28-12-10-26(11-13-28)24-61-39(57)46(3)17-18-47(4)40(58)62-29-8-5-7-27(23-29)36(53)54/h5,7-8,10-15,23,25,30,33H,6,9,16-22,24H2,1-4H3,(H,43,51)(H,44,52)(H,45,56)(H,53,54)(H3,41,42,55)/t30-,33-/m0/s1. The molecule has 0 fully saturated rings. The molecule has 0 aliphatic carbocycles. The van der Waals surface area contributed by atoms with Crippen LogP contribution in [0.5, 0.6) is 5.75 Å². The molecule has 9 amide bonds. The molecule has 0 unspecified atom stereocenters. The molecule has 336 valence electrons. The van der Waals surface area contributed by atoms with E-state index < -0.39 is 71.9 Å². The predicted octanol–water partition coefficient (Wildman–Crippen LogP) is 1.65. The summed E-state index contributed by atoms with van der Waals surface area (Å²) in [6.45, 7) is 3.34. The van der Waals surface area contributed by atoms with Crippen LogP contribution in [0.15, 0.2) is 60.7 Å². The number of carboxylic acids is 1. The largest absolute Gasteiger partial charge is 0.478 e. The molecular formula is C40H52N8O14. The van der Waals surface area contributed by atoms with Crippen LogP contribution in [0.3, 0.4) is 0 Å². The molecule has 3 rings (SSSR count). The number of amides is 9. The number of rotatable bonds is 23. The average molecular weight is 869 g/mol. The van der Waals surface area contributed by atoms with E-state index in [0.29, 0.717) is 11.3 Å². The number of nitrogens with zero attached hydrogens (tertiary/aromatic N) is 3. The van der Waals surface area contributed by atoms with Crippen LogP contribution < -0.4 is 31.7 Å². The van der Waals surface area contributed by atoms with Crippen molar-refractivity contribution in [3.05, 3.63) is 71.8 Å². The van der Waals surface area contributed by atoms with Crippen LogP contribution in [0.1, 0.15) is 42.6 Å². The Bertz CT molecular complexity index is 1940. The summed E-state index contributed by atoms with van der Waals surface area (Å²) in [6, 6.07) is 8.81. The zero-order valence-electron chi connectivity index (χ0n) is 34.8. The minimum Gasteiger partial charge on any atom is -0.478 e. The number of nitrogens with two attached hydrogens (primary N) is 1. The first-order valence-corrected chi connectivity index (χ1v) is 19.4. The molecular weight excluding hydrogens is 816 g/mol. The van der Waals surface area contributed by atoms with Crippen LogP contribution in [-0.4, -0.2) is 146 Å². The Morgan fingerprint density at radius 2 is 1.48 bits per heavy atom. The third-order valence-corrected chi connectivity index (χ3v) is 8.91. The molecule has 1 aliphatic heterocycles. The first kappa shape index (κ1) is 49.1. The average Bonchev–Trinajstić information content (AvgIpc) is 3.55. The molecule has 2 aromatic rings. The van der Waals surface area contributed by atoms with Crippen LogP contribution in [0.4, 0.5) is 24.9 Å². The Morgan fingerprint density at radius 3 is 2.11 bits per heavy atom. The number of primary amides is 1. The van der Waals surface area contributed by atoms with E-state index in [1.165, 1.54) is 48.2 Å². The van der Waals surface area contributed by atoms with E-state index in [9.17, 15) is 43.2 Å². The van der Waals surface area contributed by atoms with Gasteiger partial charge in [0.05, 0.1) is 25.3 Å². The number of imide groups is 1. The lowest BCUT2D eigenvalue weighted by atomic mass is 10.0. The third-order valence-electron chi connectivity index (χ3n) is 8.91. The van der Waals surface area contributed by atoms with Gasteiger partial charge in [0.1, 0.15) is 31.0 Å². The highest BCUT2D eigenvalue weighted by molar-refractivity contribution is 6.12. The number of carboxylic acid groups (broad SMARTS) is 1. The Balaban J connectivity index is 1.47. The lowest BCUT2D eigenvalue weighted by Gasteiger charge is -2.25. The predicted molar refractivity (Wildman–Crippen MR) is 218 cm³/mol. The van der Waals surface area contributed by atoms with E-state index in [0.717, 1.165) is 17.1 Å². The van der Waals surface area contributed by atoms with Crippen molar-refractivity contribution < 1.29 is 67.2 Å². The number of nitrogens with one attached hydrogen (secondary N) is 4. The topological polar surface area (TPSA) is 295 Å². The molecule has 2 aromatic carbocycles. The maximum atomic E-state index is 13.5. The Morgan fingerprint density at radius 1 is 0.823 bits per heavy atom. The van der Waals surface area contributed by atoms with Crippen molar-refractivity contribution in [1.29, 1.82) is 0 Å². The summed E-state index contributed by atoms with van der Waals surface area (Å²) in [5.74, 6) is -3.72. The van der Waals surface area contributed by atoms with Crippen LogP contribution in [-0.2, 0) is 40.0 Å². The van der Waals surface area contributed by atoms with Crippen LogP contribution in [0, 0.1) is 5.92 Å². The molecule has 0 spiro atoms. The van der Waals surface area contributed by atoms with Crippen molar-refractivity contribution >= 4 is 59.6 Å².